The molecule has 4 rings (SSSR count). The third kappa shape index (κ3) is 4.12. The molecule has 5 nitrogen and oxygen atoms in total. The van der Waals surface area contributed by atoms with Gasteiger partial charge in [-0.05, 0) is 31.6 Å². The minimum atomic E-state index is -0.672. The number of likely N-dealkylation sites (N-methyl/N-ethyl adjacent to an activating group) is 1. The predicted molar refractivity (Wildman–Crippen MR) is 104 cm³/mol. The molecule has 2 aliphatic heterocycles. The van der Waals surface area contributed by atoms with Crippen molar-refractivity contribution in [2.75, 3.05) is 19.6 Å². The molecule has 2 heterocycles. The van der Waals surface area contributed by atoms with E-state index in [9.17, 15) is 9.59 Å². The lowest BCUT2D eigenvalue weighted by Gasteiger charge is -2.35. The standard InChI is InChI=1S/C15H23N3O2.C6H12/c1-2-18-13(9-12-5-3-6-12)16-15(14(18)20)7-4-8-17(10-15)11-19;1-6-4-2-3-5-6/h11-12H,2-10H2,1H3;6H,2-5H2,1H3. The summed E-state index contributed by atoms with van der Waals surface area (Å²) >= 11 is 0. The van der Waals surface area contributed by atoms with Crippen molar-refractivity contribution >= 4 is 18.2 Å². The maximum atomic E-state index is 12.7. The summed E-state index contributed by atoms with van der Waals surface area (Å²) < 4.78 is 0. The highest BCUT2D eigenvalue weighted by atomic mass is 16.2. The number of piperidine rings is 1. The molecule has 3 fully saturated rings. The highest BCUT2D eigenvalue weighted by Crippen LogP contribution is 2.36. The molecule has 1 atom stereocenters. The first-order valence-electron chi connectivity index (χ1n) is 10.7. The molecule has 0 aromatic heterocycles. The summed E-state index contributed by atoms with van der Waals surface area (Å²) in [5.74, 6) is 2.83. The highest BCUT2D eigenvalue weighted by Gasteiger charge is 2.50. The van der Waals surface area contributed by atoms with Gasteiger partial charge < -0.3 is 4.90 Å². The average Bonchev–Trinajstić information content (AvgIpc) is 3.18. The van der Waals surface area contributed by atoms with Crippen molar-refractivity contribution in [1.82, 2.24) is 9.80 Å². The van der Waals surface area contributed by atoms with E-state index in [0.29, 0.717) is 19.0 Å². The van der Waals surface area contributed by atoms with Crippen LogP contribution in [-0.2, 0) is 9.59 Å². The zero-order valence-corrected chi connectivity index (χ0v) is 16.6. The van der Waals surface area contributed by atoms with Crippen molar-refractivity contribution in [2.24, 2.45) is 16.8 Å². The van der Waals surface area contributed by atoms with Crippen LogP contribution in [0.1, 0.15) is 78.1 Å². The topological polar surface area (TPSA) is 53.0 Å². The third-order valence-electron chi connectivity index (χ3n) is 6.60. The number of amides is 2. The molecule has 146 valence electrons. The van der Waals surface area contributed by atoms with Gasteiger partial charge in [0.25, 0.3) is 5.91 Å². The number of aliphatic imine (C=N–C) groups is 1. The van der Waals surface area contributed by atoms with Crippen molar-refractivity contribution < 1.29 is 9.59 Å². The Morgan fingerprint density at radius 3 is 2.38 bits per heavy atom. The van der Waals surface area contributed by atoms with Crippen LogP contribution < -0.4 is 0 Å². The fraction of sp³-hybridized carbons (Fsp3) is 0.857. The fourth-order valence-corrected chi connectivity index (χ4v) is 4.72. The number of amidine groups is 1. The lowest BCUT2D eigenvalue weighted by molar-refractivity contribution is -0.134. The highest BCUT2D eigenvalue weighted by molar-refractivity contribution is 6.08. The minimum Gasteiger partial charge on any atom is -0.342 e. The van der Waals surface area contributed by atoms with Crippen LogP contribution in [0.3, 0.4) is 0 Å². The first-order chi connectivity index (χ1) is 12.6. The Kier molecular flexibility index (Phi) is 6.36. The van der Waals surface area contributed by atoms with Crippen molar-refractivity contribution in [2.45, 2.75) is 83.6 Å². The van der Waals surface area contributed by atoms with Crippen LogP contribution in [0.4, 0.5) is 0 Å². The van der Waals surface area contributed by atoms with Crippen molar-refractivity contribution in [3.63, 3.8) is 0 Å². The third-order valence-corrected chi connectivity index (χ3v) is 6.60. The Morgan fingerprint density at radius 2 is 1.88 bits per heavy atom. The molecule has 5 heteroatoms. The molecule has 1 spiro atoms. The Bertz CT molecular complexity index is 537. The lowest BCUT2D eigenvalue weighted by atomic mass is 9.82. The minimum absolute atomic E-state index is 0.112. The summed E-state index contributed by atoms with van der Waals surface area (Å²) in [5, 5.41) is 0. The number of carbonyl (C=O) groups is 2. The fourth-order valence-electron chi connectivity index (χ4n) is 4.72. The van der Waals surface area contributed by atoms with Gasteiger partial charge in [-0.15, -0.1) is 0 Å². The number of likely N-dealkylation sites (tertiary alicyclic amines) is 1. The van der Waals surface area contributed by atoms with Crippen molar-refractivity contribution in [3.8, 4) is 0 Å². The monoisotopic (exact) mass is 361 g/mol. The van der Waals surface area contributed by atoms with E-state index in [2.05, 4.69) is 6.92 Å². The predicted octanol–water partition coefficient (Wildman–Crippen LogP) is 3.62. The maximum Gasteiger partial charge on any atom is 0.257 e. The quantitative estimate of drug-likeness (QED) is 0.718. The summed E-state index contributed by atoms with van der Waals surface area (Å²) in [4.78, 5) is 32.1. The zero-order valence-electron chi connectivity index (χ0n) is 16.6. The van der Waals surface area contributed by atoms with Crippen molar-refractivity contribution in [1.29, 1.82) is 0 Å². The van der Waals surface area contributed by atoms with E-state index in [0.717, 1.165) is 44.0 Å². The van der Waals surface area contributed by atoms with Crippen LogP contribution in [0.25, 0.3) is 0 Å². The van der Waals surface area contributed by atoms with Gasteiger partial charge in [-0.25, -0.2) is 0 Å². The molecule has 2 aliphatic carbocycles. The van der Waals surface area contributed by atoms with Crippen molar-refractivity contribution in [3.05, 3.63) is 0 Å². The first kappa shape index (κ1) is 19.4. The summed E-state index contributed by atoms with van der Waals surface area (Å²) in [6.07, 6.45) is 13.2. The van der Waals surface area contributed by atoms with E-state index in [1.807, 2.05) is 11.8 Å². The van der Waals surface area contributed by atoms with E-state index < -0.39 is 5.54 Å². The van der Waals surface area contributed by atoms with Gasteiger partial charge in [-0.2, -0.15) is 0 Å². The number of hydrogen-bond donors (Lipinski definition) is 0. The molecule has 0 aromatic carbocycles. The zero-order chi connectivity index (χ0) is 18.6. The Morgan fingerprint density at radius 1 is 1.15 bits per heavy atom. The molecule has 2 amide bonds. The van der Waals surface area contributed by atoms with E-state index in [1.54, 1.807) is 4.90 Å². The van der Waals surface area contributed by atoms with Crippen LogP contribution in [0, 0.1) is 11.8 Å². The van der Waals surface area contributed by atoms with Gasteiger partial charge >= 0.3 is 0 Å². The molecule has 1 saturated heterocycles. The summed E-state index contributed by atoms with van der Waals surface area (Å²) in [6, 6.07) is 0. The largest absolute Gasteiger partial charge is 0.342 e. The number of rotatable bonds is 4. The van der Waals surface area contributed by atoms with Crippen LogP contribution in [0.15, 0.2) is 4.99 Å². The normalized spacial score (nSPS) is 29.5. The van der Waals surface area contributed by atoms with Crippen LogP contribution in [-0.4, -0.2) is 53.1 Å². The number of nitrogens with zero attached hydrogens (tertiary/aromatic N) is 3. The molecule has 4 aliphatic rings. The van der Waals surface area contributed by atoms with Crippen LogP contribution in [0.2, 0.25) is 0 Å². The Hall–Kier alpha value is -1.39. The van der Waals surface area contributed by atoms with Gasteiger partial charge in [-0.3, -0.25) is 19.5 Å². The second kappa shape index (κ2) is 8.53. The Labute approximate surface area is 158 Å². The van der Waals surface area contributed by atoms with Gasteiger partial charge in [0.05, 0.1) is 6.54 Å². The molecule has 2 saturated carbocycles. The summed E-state index contributed by atoms with van der Waals surface area (Å²) in [6.45, 7) is 6.24. The Balaban J connectivity index is 0.000000278. The average molecular weight is 362 g/mol. The van der Waals surface area contributed by atoms with Gasteiger partial charge in [0.15, 0.2) is 5.54 Å². The number of hydrogen-bond acceptors (Lipinski definition) is 3. The van der Waals surface area contributed by atoms with Gasteiger partial charge in [0, 0.05) is 19.5 Å². The van der Waals surface area contributed by atoms with E-state index in [1.165, 1.54) is 44.9 Å². The second-order valence-electron chi connectivity index (χ2n) is 8.68. The molecule has 26 heavy (non-hydrogen) atoms. The number of carbonyl (C=O) groups excluding carboxylic acids is 2. The smallest absolute Gasteiger partial charge is 0.257 e. The summed E-state index contributed by atoms with van der Waals surface area (Å²) in [5.41, 5.74) is -0.672. The molecular weight excluding hydrogens is 326 g/mol. The van der Waals surface area contributed by atoms with Gasteiger partial charge in [0.1, 0.15) is 5.84 Å². The molecule has 0 bridgehead atoms. The maximum absolute atomic E-state index is 12.7. The lowest BCUT2D eigenvalue weighted by Crippen LogP contribution is -2.53. The first-order valence-corrected chi connectivity index (χ1v) is 10.7. The van der Waals surface area contributed by atoms with Gasteiger partial charge in [0.2, 0.25) is 6.41 Å². The van der Waals surface area contributed by atoms with E-state index in [4.69, 9.17) is 4.99 Å². The molecule has 0 aromatic rings. The molecule has 1 unspecified atom stereocenters. The molecular formula is C21H35N3O2. The second-order valence-corrected chi connectivity index (χ2v) is 8.68. The summed E-state index contributed by atoms with van der Waals surface area (Å²) in [7, 11) is 0. The van der Waals surface area contributed by atoms with Gasteiger partial charge in [-0.1, -0.05) is 51.9 Å². The molecule has 0 radical (unpaired) electrons. The SMILES string of the molecule is CC1CCCC1.CCN1C(=O)C2(CCCN(C=O)C2)N=C1CC1CCC1. The van der Waals surface area contributed by atoms with Crippen LogP contribution >= 0.6 is 0 Å². The molecule has 0 N–H and O–H groups in total. The van der Waals surface area contributed by atoms with E-state index >= 15 is 0 Å². The van der Waals surface area contributed by atoms with Crippen LogP contribution in [0.5, 0.6) is 0 Å². The van der Waals surface area contributed by atoms with E-state index in [-0.39, 0.29) is 5.91 Å².